The Morgan fingerprint density at radius 3 is 1.78 bits per heavy atom. The van der Waals surface area contributed by atoms with Crippen LogP contribution >= 0.6 is 0 Å². The van der Waals surface area contributed by atoms with Crippen molar-refractivity contribution in [3.8, 4) is 0 Å². The molecule has 0 spiro atoms. The van der Waals surface area contributed by atoms with Crippen molar-refractivity contribution in [2.24, 2.45) is 0 Å². The largest absolute Gasteiger partial charge is 0.416 e. The molecule has 1 saturated heterocycles. The van der Waals surface area contributed by atoms with Gasteiger partial charge in [-0.3, -0.25) is 4.79 Å². The SMILES string of the molecule is CC(C)(C(=O)N[C@]1(c2ccccc2)CC[C@@H](N2CCC(c3ccc(F)cc3)CC2)CC1)c1cc(C(F)(F)F)cc(C(F)(F)F)c1. The van der Waals surface area contributed by atoms with E-state index < -0.39 is 40.3 Å². The lowest BCUT2D eigenvalue weighted by atomic mass is 9.72. The van der Waals surface area contributed by atoms with Crippen molar-refractivity contribution in [1.29, 1.82) is 0 Å². The lowest BCUT2D eigenvalue weighted by Crippen LogP contribution is -2.55. The fourth-order valence-corrected chi connectivity index (χ4v) is 6.86. The van der Waals surface area contributed by atoms with Crippen molar-refractivity contribution in [2.45, 2.75) is 87.6 Å². The molecule has 2 fully saturated rings. The second-order valence-electron chi connectivity index (χ2n) is 12.9. The number of rotatable bonds is 6. The van der Waals surface area contributed by atoms with Gasteiger partial charge in [-0.2, -0.15) is 26.3 Å². The highest BCUT2D eigenvalue weighted by molar-refractivity contribution is 5.88. The van der Waals surface area contributed by atoms with E-state index in [4.69, 9.17) is 0 Å². The molecule has 1 N–H and O–H groups in total. The fraction of sp³-hybridized carbons (Fsp3) is 0.457. The van der Waals surface area contributed by atoms with Gasteiger partial charge in [-0.25, -0.2) is 4.39 Å². The average molecular weight is 635 g/mol. The Bertz CT molecular complexity index is 1430. The minimum Gasteiger partial charge on any atom is -0.346 e. The number of nitrogens with one attached hydrogen (secondary N) is 1. The summed E-state index contributed by atoms with van der Waals surface area (Å²) in [5.74, 6) is -0.530. The van der Waals surface area contributed by atoms with Gasteiger partial charge in [0.2, 0.25) is 5.91 Å². The van der Waals surface area contributed by atoms with E-state index in [1.165, 1.54) is 26.0 Å². The van der Waals surface area contributed by atoms with E-state index in [9.17, 15) is 35.5 Å². The summed E-state index contributed by atoms with van der Waals surface area (Å²) >= 11 is 0. The number of amides is 1. The number of halogens is 7. The van der Waals surface area contributed by atoms with Crippen LogP contribution in [0.5, 0.6) is 0 Å². The summed E-state index contributed by atoms with van der Waals surface area (Å²) in [5.41, 5.74) is -3.79. The first kappa shape index (κ1) is 33.0. The molecule has 2 aliphatic rings. The van der Waals surface area contributed by atoms with Gasteiger partial charge in [-0.15, -0.1) is 0 Å². The van der Waals surface area contributed by atoms with Crippen molar-refractivity contribution in [3.05, 3.63) is 106 Å². The van der Waals surface area contributed by atoms with Crippen LogP contribution in [0.25, 0.3) is 0 Å². The minimum atomic E-state index is -5.01. The highest BCUT2D eigenvalue weighted by atomic mass is 19.4. The number of alkyl halides is 6. The van der Waals surface area contributed by atoms with Gasteiger partial charge in [0.05, 0.1) is 22.1 Å². The molecule has 0 atom stereocenters. The number of likely N-dealkylation sites (tertiary alicyclic amines) is 1. The predicted molar refractivity (Wildman–Crippen MR) is 158 cm³/mol. The van der Waals surface area contributed by atoms with Gasteiger partial charge in [0.25, 0.3) is 0 Å². The van der Waals surface area contributed by atoms with Gasteiger partial charge in [-0.1, -0.05) is 42.5 Å². The molecular formula is C35H37F7N2O. The van der Waals surface area contributed by atoms with Gasteiger partial charge in [0, 0.05) is 6.04 Å². The van der Waals surface area contributed by atoms with Crippen LogP contribution in [0.1, 0.15) is 86.1 Å². The zero-order valence-corrected chi connectivity index (χ0v) is 25.2. The topological polar surface area (TPSA) is 32.3 Å². The van der Waals surface area contributed by atoms with Crippen LogP contribution in [0.2, 0.25) is 0 Å². The second-order valence-corrected chi connectivity index (χ2v) is 12.9. The van der Waals surface area contributed by atoms with Crippen LogP contribution in [0.3, 0.4) is 0 Å². The molecule has 3 aromatic rings. The summed E-state index contributed by atoms with van der Waals surface area (Å²) < 4.78 is 95.0. The molecule has 1 amide bonds. The summed E-state index contributed by atoms with van der Waals surface area (Å²) in [7, 11) is 0. The van der Waals surface area contributed by atoms with E-state index in [2.05, 4.69) is 10.2 Å². The average Bonchev–Trinajstić information content (AvgIpc) is 3.01. The molecule has 1 aliphatic heterocycles. The van der Waals surface area contributed by atoms with E-state index >= 15 is 0 Å². The van der Waals surface area contributed by atoms with Crippen molar-refractivity contribution >= 4 is 5.91 Å². The Morgan fingerprint density at radius 2 is 1.27 bits per heavy atom. The van der Waals surface area contributed by atoms with Crippen LogP contribution in [0.15, 0.2) is 72.8 Å². The van der Waals surface area contributed by atoms with E-state index in [0.717, 1.165) is 49.9 Å². The molecule has 0 bridgehead atoms. The van der Waals surface area contributed by atoms with Gasteiger partial charge in [-0.05, 0) is 118 Å². The van der Waals surface area contributed by atoms with Crippen LogP contribution in [0, 0.1) is 5.82 Å². The Hall–Kier alpha value is -3.40. The van der Waals surface area contributed by atoms with Gasteiger partial charge >= 0.3 is 12.4 Å². The summed E-state index contributed by atoms with van der Waals surface area (Å²) in [6.07, 6.45) is -5.46. The van der Waals surface area contributed by atoms with Crippen LogP contribution in [0.4, 0.5) is 30.7 Å². The van der Waals surface area contributed by atoms with Crippen LogP contribution in [-0.2, 0) is 28.1 Å². The number of hydrogen-bond donors (Lipinski definition) is 1. The normalized spacial score (nSPS) is 22.3. The number of carbonyl (C=O) groups excluding carboxylic acids is 1. The fourth-order valence-electron chi connectivity index (χ4n) is 6.86. The highest BCUT2D eigenvalue weighted by Gasteiger charge is 2.45. The zero-order chi connectivity index (χ0) is 32.6. The molecule has 3 aromatic carbocycles. The minimum absolute atomic E-state index is 0.0761. The van der Waals surface area contributed by atoms with Crippen molar-refractivity contribution in [1.82, 2.24) is 10.2 Å². The molecule has 1 saturated carbocycles. The molecule has 10 heteroatoms. The Kier molecular flexibility index (Phi) is 9.10. The lowest BCUT2D eigenvalue weighted by molar-refractivity contribution is -0.143. The second kappa shape index (κ2) is 12.4. The molecule has 1 heterocycles. The van der Waals surface area contributed by atoms with E-state index in [1.54, 1.807) is 0 Å². The molecule has 0 radical (unpaired) electrons. The highest BCUT2D eigenvalue weighted by Crippen LogP contribution is 2.43. The Labute approximate surface area is 258 Å². The first-order chi connectivity index (χ1) is 21.1. The molecular weight excluding hydrogens is 597 g/mol. The van der Waals surface area contributed by atoms with Crippen molar-refractivity contribution in [2.75, 3.05) is 13.1 Å². The third kappa shape index (κ3) is 7.21. The standard InChI is InChI=1S/C35H37F7N2O/c1-32(2,26-20-27(34(37,38)39)22-28(21-26)35(40,41)42)31(45)43-33(25-6-4-3-5-7-25)16-12-30(13-17-33)44-18-14-24(15-19-44)23-8-10-29(36)11-9-23/h3-11,20-22,24,30H,12-19H2,1-2H3,(H,43,45)/t30-,33-. The Morgan fingerprint density at radius 1 is 0.756 bits per heavy atom. The predicted octanol–water partition coefficient (Wildman–Crippen LogP) is 8.97. The maximum atomic E-state index is 13.9. The van der Waals surface area contributed by atoms with Crippen LogP contribution in [-0.4, -0.2) is 29.9 Å². The van der Waals surface area contributed by atoms with Gasteiger partial charge in [0.1, 0.15) is 5.82 Å². The van der Waals surface area contributed by atoms with Gasteiger partial charge in [0.15, 0.2) is 0 Å². The third-order valence-corrected chi connectivity index (χ3v) is 9.75. The number of nitrogens with zero attached hydrogens (tertiary/aromatic N) is 1. The molecule has 3 nitrogen and oxygen atoms in total. The maximum Gasteiger partial charge on any atom is 0.416 e. The van der Waals surface area contributed by atoms with Crippen molar-refractivity contribution < 1.29 is 35.5 Å². The number of benzene rings is 3. The van der Waals surface area contributed by atoms with E-state index in [-0.39, 0.29) is 23.5 Å². The number of hydrogen-bond acceptors (Lipinski definition) is 2. The summed E-state index contributed by atoms with van der Waals surface area (Å²) in [6.45, 7) is 4.49. The lowest BCUT2D eigenvalue weighted by Gasteiger charge is -2.47. The van der Waals surface area contributed by atoms with E-state index in [0.29, 0.717) is 30.9 Å². The third-order valence-electron chi connectivity index (χ3n) is 9.75. The monoisotopic (exact) mass is 634 g/mol. The zero-order valence-electron chi connectivity index (χ0n) is 25.2. The van der Waals surface area contributed by atoms with E-state index in [1.807, 2.05) is 42.5 Å². The first-order valence-corrected chi connectivity index (χ1v) is 15.3. The Balaban J connectivity index is 1.34. The quantitative estimate of drug-likeness (QED) is 0.275. The molecule has 45 heavy (non-hydrogen) atoms. The maximum absolute atomic E-state index is 13.9. The smallest absolute Gasteiger partial charge is 0.346 e. The van der Waals surface area contributed by atoms with Crippen LogP contribution < -0.4 is 5.32 Å². The molecule has 0 aromatic heterocycles. The summed E-state index contributed by atoms with van der Waals surface area (Å²) in [5, 5.41) is 3.11. The number of piperidine rings is 1. The summed E-state index contributed by atoms with van der Waals surface area (Å²) in [6, 6.07) is 17.6. The van der Waals surface area contributed by atoms with Gasteiger partial charge < -0.3 is 10.2 Å². The van der Waals surface area contributed by atoms with Crippen molar-refractivity contribution in [3.63, 3.8) is 0 Å². The molecule has 1 aliphatic carbocycles. The number of carbonyl (C=O) groups is 1. The summed E-state index contributed by atoms with van der Waals surface area (Å²) in [4.78, 5) is 16.4. The molecule has 5 rings (SSSR count). The first-order valence-electron chi connectivity index (χ1n) is 15.3. The molecule has 0 unspecified atom stereocenters. The molecule has 242 valence electrons.